The highest BCUT2D eigenvalue weighted by molar-refractivity contribution is 5.98. The number of hydrogen-bond acceptors (Lipinski definition) is 7. The van der Waals surface area contributed by atoms with Crippen molar-refractivity contribution in [3.8, 4) is 22.8 Å². The number of carbonyl (C=O) groups excluding carboxylic acids is 2. The molecule has 1 atom stereocenters. The van der Waals surface area contributed by atoms with Gasteiger partial charge in [0.1, 0.15) is 30.1 Å². The van der Waals surface area contributed by atoms with Gasteiger partial charge in [0.15, 0.2) is 5.82 Å². The lowest BCUT2D eigenvalue weighted by Crippen LogP contribution is -2.61. The Morgan fingerprint density at radius 2 is 1.82 bits per heavy atom. The molecule has 2 aromatic carbocycles. The van der Waals surface area contributed by atoms with Crippen LogP contribution >= 0.6 is 0 Å². The molecule has 0 radical (unpaired) electrons. The topological polar surface area (TPSA) is 131 Å². The Balaban J connectivity index is 1.46. The standard InChI is InChI=1S/C28H24FN5O5/c1-37-19-10-8-18(9-11-19)17-24(28(27(30)36)38-15-16-39-28)32-26(35)21-6-4-13-31-25(21)34-14-12-23(33-34)20-5-2-3-7-22(20)29/h2-16,24H,17H2,1H3,(H2,30,36)(H,32,35). The first-order valence-electron chi connectivity index (χ1n) is 11.9. The van der Waals surface area contributed by atoms with E-state index in [0.717, 1.165) is 5.56 Å². The van der Waals surface area contributed by atoms with Crippen LogP contribution in [0.3, 0.4) is 0 Å². The maximum absolute atomic E-state index is 14.3. The molecule has 0 fully saturated rings. The van der Waals surface area contributed by atoms with E-state index in [2.05, 4.69) is 15.4 Å². The normalized spacial score (nSPS) is 14.2. The molecule has 2 aromatic heterocycles. The summed E-state index contributed by atoms with van der Waals surface area (Å²) in [6, 6.07) is 17.1. The number of primary amides is 1. The van der Waals surface area contributed by atoms with Crippen molar-refractivity contribution in [2.75, 3.05) is 7.11 Å². The number of nitrogens with two attached hydrogens (primary N) is 1. The summed E-state index contributed by atoms with van der Waals surface area (Å²) < 4.78 is 31.9. The lowest BCUT2D eigenvalue weighted by Gasteiger charge is -2.33. The molecule has 1 aliphatic rings. The van der Waals surface area contributed by atoms with E-state index in [1.165, 1.54) is 29.5 Å². The second kappa shape index (κ2) is 10.7. The summed E-state index contributed by atoms with van der Waals surface area (Å²) in [5.41, 5.74) is 7.26. The molecule has 3 N–H and O–H groups in total. The predicted molar refractivity (Wildman–Crippen MR) is 138 cm³/mol. The summed E-state index contributed by atoms with van der Waals surface area (Å²) >= 11 is 0. The third-order valence-corrected chi connectivity index (χ3v) is 6.24. The van der Waals surface area contributed by atoms with Crippen LogP contribution in [-0.2, 0) is 20.7 Å². The van der Waals surface area contributed by atoms with Crippen LogP contribution in [0.4, 0.5) is 4.39 Å². The fraction of sp³-hybridized carbons (Fsp3) is 0.143. The van der Waals surface area contributed by atoms with Crippen LogP contribution in [0, 0.1) is 5.82 Å². The van der Waals surface area contributed by atoms with E-state index in [9.17, 15) is 14.0 Å². The number of pyridine rings is 1. The van der Waals surface area contributed by atoms with Crippen molar-refractivity contribution in [2.45, 2.75) is 18.2 Å². The lowest BCUT2D eigenvalue weighted by atomic mass is 9.97. The predicted octanol–water partition coefficient (Wildman–Crippen LogP) is 3.12. The molecule has 0 bridgehead atoms. The summed E-state index contributed by atoms with van der Waals surface area (Å²) in [6.45, 7) is 0. The Kier molecular flexibility index (Phi) is 6.96. The molecular formula is C28H24FN5O5. The smallest absolute Gasteiger partial charge is 0.352 e. The first-order valence-corrected chi connectivity index (χ1v) is 11.9. The summed E-state index contributed by atoms with van der Waals surface area (Å²) in [5.74, 6) is -3.06. The minimum atomic E-state index is -1.97. The van der Waals surface area contributed by atoms with Gasteiger partial charge in [-0.05, 0) is 48.0 Å². The van der Waals surface area contributed by atoms with Crippen molar-refractivity contribution >= 4 is 11.8 Å². The van der Waals surface area contributed by atoms with Gasteiger partial charge >= 0.3 is 11.7 Å². The van der Waals surface area contributed by atoms with Crippen molar-refractivity contribution in [3.05, 3.63) is 109 Å². The van der Waals surface area contributed by atoms with Crippen molar-refractivity contribution in [1.82, 2.24) is 20.1 Å². The first kappa shape index (κ1) is 25.5. The van der Waals surface area contributed by atoms with Crippen LogP contribution < -0.4 is 15.8 Å². The van der Waals surface area contributed by atoms with Crippen LogP contribution in [0.25, 0.3) is 17.1 Å². The van der Waals surface area contributed by atoms with Gasteiger partial charge < -0.3 is 25.3 Å². The minimum Gasteiger partial charge on any atom is -0.497 e. The average Bonchev–Trinajstić information content (AvgIpc) is 3.65. The van der Waals surface area contributed by atoms with E-state index in [1.807, 2.05) is 0 Å². The largest absolute Gasteiger partial charge is 0.497 e. The number of rotatable bonds is 9. The monoisotopic (exact) mass is 529 g/mol. The summed E-state index contributed by atoms with van der Waals surface area (Å²) in [6.07, 6.45) is 5.61. The summed E-state index contributed by atoms with van der Waals surface area (Å²) in [4.78, 5) is 30.5. The molecule has 5 rings (SSSR count). The molecular weight excluding hydrogens is 505 g/mol. The average molecular weight is 530 g/mol. The van der Waals surface area contributed by atoms with E-state index in [0.29, 0.717) is 17.0 Å². The van der Waals surface area contributed by atoms with Crippen LogP contribution in [0.1, 0.15) is 15.9 Å². The zero-order chi connectivity index (χ0) is 27.4. The third kappa shape index (κ3) is 5.01. The van der Waals surface area contributed by atoms with E-state index in [4.69, 9.17) is 19.9 Å². The molecule has 1 aliphatic heterocycles. The van der Waals surface area contributed by atoms with E-state index in [-0.39, 0.29) is 17.8 Å². The Bertz CT molecular complexity index is 1530. The number of aromatic nitrogens is 3. The Labute approximate surface area is 222 Å². The fourth-order valence-electron chi connectivity index (χ4n) is 4.26. The highest BCUT2D eigenvalue weighted by Crippen LogP contribution is 2.28. The number of carbonyl (C=O) groups is 2. The van der Waals surface area contributed by atoms with Crippen LogP contribution in [-0.4, -0.2) is 45.5 Å². The van der Waals surface area contributed by atoms with Gasteiger partial charge in [0.2, 0.25) is 0 Å². The molecule has 0 saturated carbocycles. The van der Waals surface area contributed by atoms with Gasteiger partial charge in [-0.25, -0.2) is 14.1 Å². The van der Waals surface area contributed by atoms with Crippen LogP contribution in [0.2, 0.25) is 0 Å². The molecule has 4 aromatic rings. The number of ether oxygens (including phenoxy) is 3. The Hall–Kier alpha value is -5.19. The molecule has 10 nitrogen and oxygen atoms in total. The lowest BCUT2D eigenvalue weighted by molar-refractivity contribution is -0.182. The highest BCUT2D eigenvalue weighted by atomic mass is 19.1. The molecule has 198 valence electrons. The molecule has 0 aliphatic carbocycles. The van der Waals surface area contributed by atoms with Gasteiger partial charge in [-0.15, -0.1) is 0 Å². The summed E-state index contributed by atoms with van der Waals surface area (Å²) in [7, 11) is 1.55. The zero-order valence-corrected chi connectivity index (χ0v) is 20.8. The van der Waals surface area contributed by atoms with Crippen molar-refractivity contribution in [1.29, 1.82) is 0 Å². The molecule has 11 heteroatoms. The van der Waals surface area contributed by atoms with E-state index < -0.39 is 29.5 Å². The molecule has 3 heterocycles. The number of methoxy groups -OCH3 is 1. The molecule has 0 spiro atoms. The van der Waals surface area contributed by atoms with Gasteiger partial charge in [0.25, 0.3) is 5.91 Å². The van der Waals surface area contributed by atoms with Gasteiger partial charge in [0, 0.05) is 24.4 Å². The maximum Gasteiger partial charge on any atom is 0.352 e. The van der Waals surface area contributed by atoms with E-state index in [1.54, 1.807) is 74.0 Å². The Morgan fingerprint density at radius 1 is 1.08 bits per heavy atom. The number of amides is 2. The van der Waals surface area contributed by atoms with E-state index >= 15 is 0 Å². The Morgan fingerprint density at radius 3 is 2.51 bits per heavy atom. The number of benzene rings is 2. The highest BCUT2D eigenvalue weighted by Gasteiger charge is 2.51. The molecule has 39 heavy (non-hydrogen) atoms. The SMILES string of the molecule is COc1ccc(CC(NC(=O)c2cccnc2-n2ccc(-c3ccccc3F)n2)C2(C(N)=O)OC=CO2)cc1. The number of hydrogen-bond donors (Lipinski definition) is 2. The van der Waals surface area contributed by atoms with Gasteiger partial charge in [-0.1, -0.05) is 24.3 Å². The van der Waals surface area contributed by atoms with Gasteiger partial charge in [0.05, 0.1) is 18.4 Å². The third-order valence-electron chi connectivity index (χ3n) is 6.24. The van der Waals surface area contributed by atoms with Crippen molar-refractivity contribution < 1.29 is 28.2 Å². The molecule has 0 saturated heterocycles. The number of nitrogens with zero attached hydrogens (tertiary/aromatic N) is 3. The van der Waals surface area contributed by atoms with Gasteiger partial charge in [-0.2, -0.15) is 5.10 Å². The maximum atomic E-state index is 14.3. The second-order valence-corrected chi connectivity index (χ2v) is 8.62. The molecule has 1 unspecified atom stereocenters. The van der Waals surface area contributed by atoms with Crippen LogP contribution in [0.5, 0.6) is 5.75 Å². The minimum absolute atomic E-state index is 0.134. The van der Waals surface area contributed by atoms with Crippen LogP contribution in [0.15, 0.2) is 91.6 Å². The summed E-state index contributed by atoms with van der Waals surface area (Å²) in [5, 5.41) is 7.26. The first-order chi connectivity index (χ1) is 18.9. The molecule has 2 amide bonds. The van der Waals surface area contributed by atoms with Gasteiger partial charge in [-0.3, -0.25) is 9.59 Å². The van der Waals surface area contributed by atoms with Crippen molar-refractivity contribution in [2.24, 2.45) is 5.73 Å². The number of halogens is 1. The quantitative estimate of drug-likeness (QED) is 0.341. The second-order valence-electron chi connectivity index (χ2n) is 8.62. The number of nitrogens with one attached hydrogen (secondary N) is 1. The fourth-order valence-corrected chi connectivity index (χ4v) is 4.26. The zero-order valence-electron chi connectivity index (χ0n) is 20.8. The van der Waals surface area contributed by atoms with Crippen molar-refractivity contribution in [3.63, 3.8) is 0 Å².